The zero-order valence-electron chi connectivity index (χ0n) is 9.70. The van der Waals surface area contributed by atoms with Crippen LogP contribution in [0.1, 0.15) is 31.7 Å². The van der Waals surface area contributed by atoms with E-state index in [2.05, 4.69) is 13.0 Å². The lowest BCUT2D eigenvalue weighted by molar-refractivity contribution is 0.0519. The summed E-state index contributed by atoms with van der Waals surface area (Å²) in [4.78, 5) is 0. The van der Waals surface area contributed by atoms with Gasteiger partial charge < -0.3 is 5.11 Å². The van der Waals surface area contributed by atoms with Crippen LogP contribution >= 0.6 is 11.6 Å². The first kappa shape index (κ1) is 11.9. The Bertz CT molecular complexity index is 350. The molecule has 3 atom stereocenters. The topological polar surface area (TPSA) is 20.2 Å². The number of aliphatic hydroxyl groups is 1. The Hall–Kier alpha value is -0.530. The second-order valence-corrected chi connectivity index (χ2v) is 5.52. The molecule has 0 amide bonds. The van der Waals surface area contributed by atoms with Crippen molar-refractivity contribution in [1.82, 2.24) is 0 Å². The minimum atomic E-state index is -0.129. The summed E-state index contributed by atoms with van der Waals surface area (Å²) >= 11 is 5.97. The summed E-state index contributed by atoms with van der Waals surface area (Å²) in [6.07, 6.45) is 4.06. The first-order valence-corrected chi connectivity index (χ1v) is 6.45. The van der Waals surface area contributed by atoms with Crippen LogP contribution in [-0.2, 0) is 6.42 Å². The smallest absolute Gasteiger partial charge is 0.0571 e. The molecule has 2 heteroatoms. The molecule has 1 aromatic rings. The van der Waals surface area contributed by atoms with Crippen molar-refractivity contribution in [2.75, 3.05) is 0 Å². The standard InChI is InChI=1S/C14H19ClO/c1-10-5-6-14(16)12(7-10)8-11-3-2-4-13(15)9-11/h2-4,9-10,12,14,16H,5-8H2,1H3. The number of hydrogen-bond donors (Lipinski definition) is 1. The Morgan fingerprint density at radius 1 is 1.38 bits per heavy atom. The molecule has 1 fully saturated rings. The van der Waals surface area contributed by atoms with Crippen molar-refractivity contribution in [3.63, 3.8) is 0 Å². The van der Waals surface area contributed by atoms with Gasteiger partial charge in [0.25, 0.3) is 0 Å². The van der Waals surface area contributed by atoms with E-state index in [0.717, 1.165) is 36.6 Å². The molecule has 1 N–H and O–H groups in total. The molecule has 0 saturated heterocycles. The van der Waals surface area contributed by atoms with E-state index < -0.39 is 0 Å². The molecule has 1 aliphatic rings. The van der Waals surface area contributed by atoms with E-state index in [9.17, 15) is 5.11 Å². The highest BCUT2D eigenvalue weighted by Gasteiger charge is 2.26. The van der Waals surface area contributed by atoms with Gasteiger partial charge in [0.05, 0.1) is 6.10 Å². The van der Waals surface area contributed by atoms with Crippen molar-refractivity contribution in [2.24, 2.45) is 11.8 Å². The molecule has 0 aliphatic heterocycles. The molecule has 16 heavy (non-hydrogen) atoms. The molecule has 0 aromatic heterocycles. The molecule has 0 bridgehead atoms. The highest BCUT2D eigenvalue weighted by molar-refractivity contribution is 6.30. The Morgan fingerprint density at radius 2 is 2.19 bits per heavy atom. The van der Waals surface area contributed by atoms with Crippen molar-refractivity contribution in [2.45, 2.75) is 38.7 Å². The van der Waals surface area contributed by atoms with E-state index in [4.69, 9.17) is 11.6 Å². The molecule has 2 rings (SSSR count). The van der Waals surface area contributed by atoms with E-state index in [-0.39, 0.29) is 6.10 Å². The summed E-state index contributed by atoms with van der Waals surface area (Å²) in [6, 6.07) is 7.98. The van der Waals surface area contributed by atoms with Gasteiger partial charge in [0.15, 0.2) is 0 Å². The van der Waals surface area contributed by atoms with Crippen molar-refractivity contribution < 1.29 is 5.11 Å². The summed E-state index contributed by atoms with van der Waals surface area (Å²) in [5.74, 6) is 1.15. The summed E-state index contributed by atoms with van der Waals surface area (Å²) in [6.45, 7) is 2.27. The maximum Gasteiger partial charge on any atom is 0.0571 e. The van der Waals surface area contributed by atoms with Gasteiger partial charge in [0.2, 0.25) is 0 Å². The molecule has 1 saturated carbocycles. The maximum atomic E-state index is 9.98. The summed E-state index contributed by atoms with van der Waals surface area (Å²) in [7, 11) is 0. The zero-order valence-corrected chi connectivity index (χ0v) is 10.5. The number of halogens is 1. The molecule has 0 radical (unpaired) electrons. The molecule has 88 valence electrons. The zero-order chi connectivity index (χ0) is 11.5. The second-order valence-electron chi connectivity index (χ2n) is 5.08. The van der Waals surface area contributed by atoms with Crippen molar-refractivity contribution in [1.29, 1.82) is 0 Å². The fourth-order valence-electron chi connectivity index (χ4n) is 2.67. The van der Waals surface area contributed by atoms with E-state index in [1.807, 2.05) is 18.2 Å². The summed E-state index contributed by atoms with van der Waals surface area (Å²) < 4.78 is 0. The Labute approximate surface area is 102 Å². The van der Waals surface area contributed by atoms with Gasteiger partial charge in [-0.25, -0.2) is 0 Å². The monoisotopic (exact) mass is 238 g/mol. The van der Waals surface area contributed by atoms with Gasteiger partial charge in [0, 0.05) is 5.02 Å². The number of hydrogen-bond acceptors (Lipinski definition) is 1. The fourth-order valence-corrected chi connectivity index (χ4v) is 2.88. The first-order valence-electron chi connectivity index (χ1n) is 6.07. The van der Waals surface area contributed by atoms with E-state index >= 15 is 0 Å². The molecule has 1 nitrogen and oxygen atoms in total. The van der Waals surface area contributed by atoms with Gasteiger partial charge in [-0.2, -0.15) is 0 Å². The average molecular weight is 239 g/mol. The lowest BCUT2D eigenvalue weighted by atomic mass is 9.77. The summed E-state index contributed by atoms with van der Waals surface area (Å²) in [5, 5.41) is 10.8. The average Bonchev–Trinajstić information content (AvgIpc) is 2.24. The fraction of sp³-hybridized carbons (Fsp3) is 0.571. The van der Waals surface area contributed by atoms with Crippen LogP contribution in [0.15, 0.2) is 24.3 Å². The van der Waals surface area contributed by atoms with Crippen LogP contribution in [0.25, 0.3) is 0 Å². The molecule has 1 aliphatic carbocycles. The number of rotatable bonds is 2. The van der Waals surface area contributed by atoms with Gasteiger partial charge in [-0.05, 0) is 55.2 Å². The minimum absolute atomic E-state index is 0.129. The van der Waals surface area contributed by atoms with Gasteiger partial charge in [-0.1, -0.05) is 30.7 Å². The predicted molar refractivity (Wildman–Crippen MR) is 67.7 cm³/mol. The molecule has 0 spiro atoms. The van der Waals surface area contributed by atoms with Crippen molar-refractivity contribution in [3.05, 3.63) is 34.9 Å². The normalized spacial score (nSPS) is 30.3. The third-order valence-electron chi connectivity index (χ3n) is 3.59. The Kier molecular flexibility index (Phi) is 3.88. The Balaban J connectivity index is 2.02. The molecular weight excluding hydrogens is 220 g/mol. The van der Waals surface area contributed by atoms with Crippen LogP contribution in [0.4, 0.5) is 0 Å². The van der Waals surface area contributed by atoms with Crippen LogP contribution in [-0.4, -0.2) is 11.2 Å². The minimum Gasteiger partial charge on any atom is -0.393 e. The van der Waals surface area contributed by atoms with E-state index in [1.165, 1.54) is 5.56 Å². The second kappa shape index (κ2) is 5.20. The van der Waals surface area contributed by atoms with Gasteiger partial charge in [0.1, 0.15) is 0 Å². The first-order chi connectivity index (χ1) is 7.65. The summed E-state index contributed by atoms with van der Waals surface area (Å²) in [5.41, 5.74) is 1.24. The number of aliphatic hydroxyl groups excluding tert-OH is 1. The van der Waals surface area contributed by atoms with Crippen molar-refractivity contribution in [3.8, 4) is 0 Å². The molecule has 1 aromatic carbocycles. The van der Waals surface area contributed by atoms with Crippen LogP contribution < -0.4 is 0 Å². The Morgan fingerprint density at radius 3 is 2.94 bits per heavy atom. The molecular formula is C14H19ClO. The highest BCUT2D eigenvalue weighted by Crippen LogP contribution is 2.31. The van der Waals surface area contributed by atoms with Gasteiger partial charge in [-0.15, -0.1) is 0 Å². The lowest BCUT2D eigenvalue weighted by Gasteiger charge is -2.31. The van der Waals surface area contributed by atoms with E-state index in [1.54, 1.807) is 0 Å². The van der Waals surface area contributed by atoms with Crippen LogP contribution in [0.2, 0.25) is 5.02 Å². The number of benzene rings is 1. The highest BCUT2D eigenvalue weighted by atomic mass is 35.5. The largest absolute Gasteiger partial charge is 0.393 e. The molecule has 3 unspecified atom stereocenters. The van der Waals surface area contributed by atoms with Gasteiger partial charge >= 0.3 is 0 Å². The van der Waals surface area contributed by atoms with Crippen LogP contribution in [0, 0.1) is 11.8 Å². The van der Waals surface area contributed by atoms with Crippen LogP contribution in [0.3, 0.4) is 0 Å². The van der Waals surface area contributed by atoms with Crippen LogP contribution in [0.5, 0.6) is 0 Å². The molecule has 0 heterocycles. The maximum absolute atomic E-state index is 9.98. The third kappa shape index (κ3) is 2.99. The predicted octanol–water partition coefficient (Wildman–Crippen LogP) is 3.68. The quantitative estimate of drug-likeness (QED) is 0.834. The van der Waals surface area contributed by atoms with Gasteiger partial charge in [-0.3, -0.25) is 0 Å². The van der Waals surface area contributed by atoms with Crippen molar-refractivity contribution >= 4 is 11.6 Å². The lowest BCUT2D eigenvalue weighted by Crippen LogP contribution is -2.29. The third-order valence-corrected chi connectivity index (χ3v) is 3.83. The SMILES string of the molecule is CC1CCC(O)C(Cc2cccc(Cl)c2)C1. The van der Waals surface area contributed by atoms with E-state index in [0.29, 0.717) is 5.92 Å².